The fourth-order valence-electron chi connectivity index (χ4n) is 3.85. The Balaban J connectivity index is 1.84. The summed E-state index contributed by atoms with van der Waals surface area (Å²) < 4.78 is 2.25. The molecule has 28 heavy (non-hydrogen) atoms. The number of pyridine rings is 2. The number of fused-ring (bicyclic) bond motifs is 4. The number of rotatable bonds is 4. The van der Waals surface area contributed by atoms with Gasteiger partial charge in [-0.2, -0.15) is 0 Å². The van der Waals surface area contributed by atoms with Crippen molar-refractivity contribution in [3.63, 3.8) is 0 Å². The zero-order chi connectivity index (χ0) is 19.1. The van der Waals surface area contributed by atoms with E-state index < -0.39 is 0 Å². The van der Waals surface area contributed by atoms with Gasteiger partial charge in [0.15, 0.2) is 0 Å². The maximum Gasteiger partial charge on any atom is 0.0982 e. The van der Waals surface area contributed by atoms with Gasteiger partial charge in [-0.15, -0.1) is 11.6 Å². The lowest BCUT2D eigenvalue weighted by atomic mass is 10.0. The second-order valence-electron chi connectivity index (χ2n) is 6.80. The van der Waals surface area contributed by atoms with Crippen LogP contribution in [0.25, 0.3) is 44.0 Å². The Morgan fingerprint density at radius 1 is 0.893 bits per heavy atom. The summed E-state index contributed by atoms with van der Waals surface area (Å²) >= 11 is 13.0. The SMILES string of the molecule is ClCCCn1c2ccccc2c2nc3ccc(-c4ccncc4)cc3c(Cl)c21. The van der Waals surface area contributed by atoms with Gasteiger partial charge in [-0.3, -0.25) is 4.98 Å². The molecule has 0 saturated heterocycles. The van der Waals surface area contributed by atoms with Crippen molar-refractivity contribution in [3.8, 4) is 11.1 Å². The van der Waals surface area contributed by atoms with Crippen molar-refractivity contribution in [1.82, 2.24) is 14.5 Å². The number of halogens is 2. The van der Waals surface area contributed by atoms with Crippen LogP contribution < -0.4 is 0 Å². The van der Waals surface area contributed by atoms with E-state index >= 15 is 0 Å². The average molecular weight is 406 g/mol. The molecule has 0 aliphatic heterocycles. The monoisotopic (exact) mass is 405 g/mol. The lowest BCUT2D eigenvalue weighted by Crippen LogP contribution is -1.99. The molecule has 138 valence electrons. The molecule has 0 spiro atoms. The van der Waals surface area contributed by atoms with Gasteiger partial charge < -0.3 is 4.57 Å². The first-order chi connectivity index (χ1) is 13.8. The summed E-state index contributed by atoms with van der Waals surface area (Å²) in [6.45, 7) is 0.810. The second-order valence-corrected chi connectivity index (χ2v) is 7.56. The Hall–Kier alpha value is -2.62. The number of hydrogen-bond acceptors (Lipinski definition) is 2. The third-order valence-electron chi connectivity index (χ3n) is 5.15. The molecule has 0 atom stereocenters. The number of benzene rings is 2. The summed E-state index contributed by atoms with van der Waals surface area (Å²) in [5.41, 5.74) is 6.17. The fourth-order valence-corrected chi connectivity index (χ4v) is 4.31. The Bertz CT molecular complexity index is 1310. The molecule has 0 unspecified atom stereocenters. The maximum atomic E-state index is 6.98. The van der Waals surface area contributed by atoms with E-state index in [0.717, 1.165) is 62.0 Å². The molecule has 0 aliphatic carbocycles. The topological polar surface area (TPSA) is 30.7 Å². The Morgan fingerprint density at radius 3 is 2.54 bits per heavy atom. The van der Waals surface area contributed by atoms with E-state index in [1.807, 2.05) is 30.3 Å². The summed E-state index contributed by atoms with van der Waals surface area (Å²) in [5.74, 6) is 0.610. The molecular weight excluding hydrogens is 389 g/mol. The minimum absolute atomic E-state index is 0.610. The van der Waals surface area contributed by atoms with E-state index in [0.29, 0.717) is 5.88 Å². The molecule has 0 amide bonds. The molecule has 0 radical (unpaired) electrons. The highest BCUT2D eigenvalue weighted by atomic mass is 35.5. The molecule has 5 heteroatoms. The molecule has 3 nitrogen and oxygen atoms in total. The highest BCUT2D eigenvalue weighted by Crippen LogP contribution is 2.38. The molecule has 3 heterocycles. The minimum Gasteiger partial charge on any atom is -0.338 e. The minimum atomic E-state index is 0.610. The predicted molar refractivity (Wildman–Crippen MR) is 118 cm³/mol. The van der Waals surface area contributed by atoms with E-state index in [4.69, 9.17) is 28.2 Å². The van der Waals surface area contributed by atoms with Gasteiger partial charge in [-0.25, -0.2) is 4.98 Å². The van der Waals surface area contributed by atoms with E-state index in [9.17, 15) is 0 Å². The summed E-state index contributed by atoms with van der Waals surface area (Å²) in [5, 5.41) is 2.81. The number of hydrogen-bond donors (Lipinski definition) is 0. The van der Waals surface area contributed by atoms with Gasteiger partial charge in [0, 0.05) is 35.6 Å². The van der Waals surface area contributed by atoms with Crippen LogP contribution in [0.5, 0.6) is 0 Å². The van der Waals surface area contributed by atoms with Crippen molar-refractivity contribution in [1.29, 1.82) is 0 Å². The predicted octanol–water partition coefficient (Wildman–Crippen LogP) is 6.69. The molecule has 5 rings (SSSR count). The van der Waals surface area contributed by atoms with E-state index in [-0.39, 0.29) is 0 Å². The third-order valence-corrected chi connectivity index (χ3v) is 5.80. The van der Waals surface area contributed by atoms with Crippen LogP contribution in [-0.4, -0.2) is 20.4 Å². The second kappa shape index (κ2) is 7.08. The molecule has 0 aliphatic rings. The first-order valence-corrected chi connectivity index (χ1v) is 10.2. The zero-order valence-corrected chi connectivity index (χ0v) is 16.6. The van der Waals surface area contributed by atoms with Crippen molar-refractivity contribution in [2.24, 2.45) is 0 Å². The van der Waals surface area contributed by atoms with Crippen molar-refractivity contribution in [3.05, 3.63) is 72.0 Å². The van der Waals surface area contributed by atoms with Crippen LogP contribution in [0.2, 0.25) is 5.02 Å². The van der Waals surface area contributed by atoms with Crippen LogP contribution in [0.4, 0.5) is 0 Å². The van der Waals surface area contributed by atoms with E-state index in [1.165, 1.54) is 0 Å². The Morgan fingerprint density at radius 2 is 1.71 bits per heavy atom. The van der Waals surface area contributed by atoms with E-state index in [2.05, 4.69) is 33.8 Å². The van der Waals surface area contributed by atoms with E-state index in [1.54, 1.807) is 12.4 Å². The normalized spacial score (nSPS) is 11.6. The van der Waals surface area contributed by atoms with Crippen LogP contribution in [0, 0.1) is 0 Å². The van der Waals surface area contributed by atoms with Gasteiger partial charge in [0.2, 0.25) is 0 Å². The van der Waals surface area contributed by atoms with Crippen molar-refractivity contribution >= 4 is 56.0 Å². The zero-order valence-electron chi connectivity index (χ0n) is 15.1. The third kappa shape index (κ3) is 2.74. The van der Waals surface area contributed by atoms with Gasteiger partial charge in [-0.05, 0) is 47.9 Å². The first kappa shape index (κ1) is 17.5. The standard InChI is InChI=1S/C23H17Cl2N3/c24-10-3-13-28-20-5-2-1-4-17(20)22-23(28)21(25)18-14-16(6-7-19(18)27-22)15-8-11-26-12-9-15/h1-2,4-9,11-12,14H,3,10,13H2. The van der Waals surface area contributed by atoms with Crippen molar-refractivity contribution < 1.29 is 0 Å². The van der Waals surface area contributed by atoms with Crippen LogP contribution in [0.15, 0.2) is 67.0 Å². The Labute approximate surface area is 172 Å². The molecule has 0 fully saturated rings. The summed E-state index contributed by atoms with van der Waals surface area (Å²) in [6.07, 6.45) is 4.47. The Kier molecular flexibility index (Phi) is 4.42. The number of alkyl halides is 1. The maximum absolute atomic E-state index is 6.98. The van der Waals surface area contributed by atoms with Gasteiger partial charge in [0.25, 0.3) is 0 Å². The fraction of sp³-hybridized carbons (Fsp3) is 0.130. The molecular formula is C23H17Cl2N3. The van der Waals surface area contributed by atoms with Crippen molar-refractivity contribution in [2.75, 3.05) is 5.88 Å². The quantitative estimate of drug-likeness (QED) is 0.312. The molecule has 0 saturated carbocycles. The summed E-state index contributed by atoms with van der Waals surface area (Å²) in [6, 6.07) is 18.6. The van der Waals surface area contributed by atoms with Gasteiger partial charge >= 0.3 is 0 Å². The first-order valence-electron chi connectivity index (χ1n) is 9.24. The van der Waals surface area contributed by atoms with Crippen LogP contribution in [0.3, 0.4) is 0 Å². The number of aryl methyl sites for hydroxylation is 1. The number of para-hydroxylation sites is 1. The largest absolute Gasteiger partial charge is 0.338 e. The lowest BCUT2D eigenvalue weighted by molar-refractivity contribution is 0.728. The van der Waals surface area contributed by atoms with Gasteiger partial charge in [0.05, 0.1) is 27.1 Å². The average Bonchev–Trinajstić information content (AvgIpc) is 3.07. The lowest BCUT2D eigenvalue weighted by Gasteiger charge is -2.10. The highest BCUT2D eigenvalue weighted by Gasteiger charge is 2.17. The summed E-state index contributed by atoms with van der Waals surface area (Å²) in [7, 11) is 0. The van der Waals surface area contributed by atoms with Crippen molar-refractivity contribution in [2.45, 2.75) is 13.0 Å². The van der Waals surface area contributed by atoms with Gasteiger partial charge in [0.1, 0.15) is 0 Å². The van der Waals surface area contributed by atoms with Gasteiger partial charge in [-0.1, -0.05) is 35.9 Å². The smallest absolute Gasteiger partial charge is 0.0982 e. The molecule has 0 N–H and O–H groups in total. The number of aromatic nitrogens is 3. The molecule has 0 bridgehead atoms. The molecule has 3 aromatic heterocycles. The highest BCUT2D eigenvalue weighted by molar-refractivity contribution is 6.41. The molecule has 5 aromatic rings. The molecule has 2 aromatic carbocycles. The number of nitrogens with zero attached hydrogens (tertiary/aromatic N) is 3. The van der Waals surface area contributed by atoms with Crippen LogP contribution in [-0.2, 0) is 6.54 Å². The summed E-state index contributed by atoms with van der Waals surface area (Å²) in [4.78, 5) is 9.08. The van der Waals surface area contributed by atoms with Crippen LogP contribution >= 0.6 is 23.2 Å². The van der Waals surface area contributed by atoms with Crippen LogP contribution in [0.1, 0.15) is 6.42 Å².